The highest BCUT2D eigenvalue weighted by Crippen LogP contribution is 2.78. The van der Waals surface area contributed by atoms with Crippen molar-refractivity contribution in [1.82, 2.24) is 15.0 Å². The van der Waals surface area contributed by atoms with E-state index in [2.05, 4.69) is 64.5 Å². The van der Waals surface area contributed by atoms with E-state index in [1.807, 2.05) is 30.3 Å². The van der Waals surface area contributed by atoms with Gasteiger partial charge in [0.1, 0.15) is 0 Å². The molecule has 4 heteroatoms. The Bertz CT molecular complexity index is 1460. The Morgan fingerprint density at radius 3 is 1.89 bits per heavy atom. The summed E-state index contributed by atoms with van der Waals surface area (Å²) in [6, 6.07) is 27.6. The van der Waals surface area contributed by atoms with Crippen LogP contribution in [0.1, 0.15) is 44.1 Å². The lowest BCUT2D eigenvalue weighted by Crippen LogP contribution is -2.32. The van der Waals surface area contributed by atoms with Gasteiger partial charge in [0.15, 0.2) is 17.5 Å². The Balaban J connectivity index is 1.18. The molecular weight excluding hydrogens is 506 g/mol. The lowest BCUT2D eigenvalue weighted by molar-refractivity contribution is 0.127. The van der Waals surface area contributed by atoms with Gasteiger partial charge in [0.05, 0.1) is 0 Å². The van der Waals surface area contributed by atoms with Gasteiger partial charge in [0, 0.05) is 21.2 Å². The Morgan fingerprint density at radius 1 is 0.639 bits per heavy atom. The molecule has 36 heavy (non-hydrogen) atoms. The van der Waals surface area contributed by atoms with Crippen molar-refractivity contribution in [3.8, 4) is 34.2 Å². The standard InChI is InChI=1S/C32H28BrN3/c33-27-8-4-7-23(15-27)30-35-28(21-5-2-1-3-6-21)34-29(36-30)22-9-11-24(12-10-22)31-17-25-13-20-14-26(18-31)32(25,16-20)19-31/h1-12,15,20,25-26H,13-14,16-19H2/t20?,25-,26-,31?,32?/m0/s1. The molecule has 2 atom stereocenters. The summed E-state index contributed by atoms with van der Waals surface area (Å²) in [7, 11) is 0. The van der Waals surface area contributed by atoms with Crippen molar-refractivity contribution < 1.29 is 0 Å². The molecule has 3 aromatic carbocycles. The number of nitrogens with zero attached hydrogens (tertiary/aromatic N) is 3. The molecule has 1 aromatic heterocycles. The minimum atomic E-state index is 0.412. The summed E-state index contributed by atoms with van der Waals surface area (Å²) in [5.74, 6) is 5.15. The number of rotatable bonds is 4. The maximum absolute atomic E-state index is 4.93. The lowest BCUT2D eigenvalue weighted by Gasteiger charge is -2.39. The molecule has 178 valence electrons. The Labute approximate surface area is 220 Å². The van der Waals surface area contributed by atoms with Crippen LogP contribution in [0.25, 0.3) is 34.2 Å². The molecule has 4 saturated carbocycles. The van der Waals surface area contributed by atoms with Crippen LogP contribution in [-0.4, -0.2) is 15.0 Å². The predicted molar refractivity (Wildman–Crippen MR) is 146 cm³/mol. The Morgan fingerprint density at radius 2 is 1.25 bits per heavy atom. The van der Waals surface area contributed by atoms with Gasteiger partial charge in [-0.15, -0.1) is 0 Å². The summed E-state index contributed by atoms with van der Waals surface area (Å²) in [6.45, 7) is 0. The third-order valence-electron chi connectivity index (χ3n) is 9.98. The largest absolute Gasteiger partial charge is 0.208 e. The molecule has 0 aliphatic heterocycles. The van der Waals surface area contributed by atoms with Gasteiger partial charge >= 0.3 is 0 Å². The number of halogens is 1. The number of aromatic nitrogens is 3. The van der Waals surface area contributed by atoms with E-state index in [9.17, 15) is 0 Å². The van der Waals surface area contributed by atoms with Crippen molar-refractivity contribution in [3.63, 3.8) is 0 Å². The van der Waals surface area contributed by atoms with Gasteiger partial charge in [-0.2, -0.15) is 0 Å². The van der Waals surface area contributed by atoms with Crippen LogP contribution in [0.5, 0.6) is 0 Å². The van der Waals surface area contributed by atoms with E-state index >= 15 is 0 Å². The zero-order valence-electron chi connectivity index (χ0n) is 20.2. The van der Waals surface area contributed by atoms with Crippen molar-refractivity contribution in [3.05, 3.63) is 88.9 Å². The molecule has 0 N–H and O–H groups in total. The third-order valence-corrected chi connectivity index (χ3v) is 10.5. The van der Waals surface area contributed by atoms with E-state index < -0.39 is 0 Å². The second kappa shape index (κ2) is 7.58. The highest BCUT2D eigenvalue weighted by atomic mass is 79.9. The van der Waals surface area contributed by atoms with Crippen LogP contribution < -0.4 is 0 Å². The van der Waals surface area contributed by atoms with Gasteiger partial charge in [0.25, 0.3) is 0 Å². The fourth-order valence-corrected chi connectivity index (χ4v) is 9.16. The van der Waals surface area contributed by atoms with E-state index in [0.717, 1.165) is 44.7 Å². The first-order chi connectivity index (χ1) is 17.6. The summed E-state index contributed by atoms with van der Waals surface area (Å²) >= 11 is 3.59. The normalized spacial score (nSPS) is 31.3. The number of hydrogen-bond donors (Lipinski definition) is 0. The Kier molecular flexibility index (Phi) is 4.48. The van der Waals surface area contributed by atoms with E-state index in [0.29, 0.717) is 22.5 Å². The number of benzene rings is 3. The fourth-order valence-electron chi connectivity index (χ4n) is 8.76. The first kappa shape index (κ1) is 21.3. The predicted octanol–water partition coefficient (Wildman–Crippen LogP) is 8.10. The van der Waals surface area contributed by atoms with Gasteiger partial charge in [-0.25, -0.2) is 15.0 Å². The molecule has 0 unspecified atom stereocenters. The molecule has 4 aliphatic rings. The van der Waals surface area contributed by atoms with Gasteiger partial charge in [-0.05, 0) is 84.8 Å². The molecule has 1 spiro atoms. The molecule has 0 radical (unpaired) electrons. The van der Waals surface area contributed by atoms with Crippen molar-refractivity contribution in [2.24, 2.45) is 23.2 Å². The summed E-state index contributed by atoms with van der Waals surface area (Å²) in [5, 5.41) is 0. The SMILES string of the molecule is Brc1cccc(-c2nc(-c3ccccc3)nc(-c3ccc(C45C[C@@H]6CC7C[C@@H](C4)C6(C7)C5)cc3)n2)c1. The van der Waals surface area contributed by atoms with Crippen molar-refractivity contribution in [2.45, 2.75) is 43.9 Å². The third kappa shape index (κ3) is 3.06. The smallest absolute Gasteiger partial charge is 0.164 e. The molecule has 4 fully saturated rings. The quantitative estimate of drug-likeness (QED) is 0.266. The molecule has 0 amide bonds. The minimum Gasteiger partial charge on any atom is -0.208 e. The van der Waals surface area contributed by atoms with Crippen molar-refractivity contribution in [1.29, 1.82) is 0 Å². The van der Waals surface area contributed by atoms with Crippen LogP contribution in [0.2, 0.25) is 0 Å². The molecule has 0 saturated heterocycles. The van der Waals surface area contributed by atoms with Crippen molar-refractivity contribution >= 4 is 15.9 Å². The van der Waals surface area contributed by atoms with Gasteiger partial charge in [-0.3, -0.25) is 0 Å². The lowest BCUT2D eigenvalue weighted by atomic mass is 9.65. The fraction of sp³-hybridized carbons (Fsp3) is 0.344. The number of fused-ring (bicyclic) bond motifs is 2. The molecular formula is C32H28BrN3. The van der Waals surface area contributed by atoms with Gasteiger partial charge in [-0.1, -0.05) is 82.7 Å². The first-order valence-corrected chi connectivity index (χ1v) is 14.1. The summed E-state index contributed by atoms with van der Waals surface area (Å²) in [4.78, 5) is 14.7. The second-order valence-electron chi connectivity index (χ2n) is 11.8. The van der Waals surface area contributed by atoms with Crippen LogP contribution in [0.15, 0.2) is 83.3 Å². The van der Waals surface area contributed by atoms with Crippen LogP contribution in [-0.2, 0) is 5.41 Å². The minimum absolute atomic E-state index is 0.412. The first-order valence-electron chi connectivity index (χ1n) is 13.3. The molecule has 1 heterocycles. The van der Waals surface area contributed by atoms with Gasteiger partial charge in [0.2, 0.25) is 0 Å². The molecule has 4 aromatic rings. The van der Waals surface area contributed by atoms with E-state index in [1.54, 1.807) is 5.56 Å². The van der Waals surface area contributed by atoms with Crippen molar-refractivity contribution in [2.75, 3.05) is 0 Å². The molecule has 8 rings (SSSR count). The van der Waals surface area contributed by atoms with Crippen LogP contribution in [0, 0.1) is 23.2 Å². The van der Waals surface area contributed by atoms with Crippen LogP contribution in [0.3, 0.4) is 0 Å². The second-order valence-corrected chi connectivity index (χ2v) is 12.7. The average Bonchev–Trinajstić information content (AvgIpc) is 3.62. The maximum Gasteiger partial charge on any atom is 0.164 e. The zero-order chi connectivity index (χ0) is 23.9. The van der Waals surface area contributed by atoms with Crippen LogP contribution >= 0.6 is 15.9 Å². The van der Waals surface area contributed by atoms with Crippen LogP contribution in [0.4, 0.5) is 0 Å². The summed E-state index contributed by atoms with van der Waals surface area (Å²) < 4.78 is 1.01. The monoisotopic (exact) mass is 533 g/mol. The molecule has 3 nitrogen and oxygen atoms in total. The topological polar surface area (TPSA) is 38.7 Å². The Hall–Kier alpha value is -2.85. The average molecular weight is 535 g/mol. The zero-order valence-corrected chi connectivity index (χ0v) is 21.8. The van der Waals surface area contributed by atoms with Gasteiger partial charge < -0.3 is 0 Å². The molecule has 3 bridgehead atoms. The van der Waals surface area contributed by atoms with E-state index in [4.69, 9.17) is 15.0 Å². The highest BCUT2D eigenvalue weighted by molar-refractivity contribution is 9.10. The summed E-state index contributed by atoms with van der Waals surface area (Å²) in [6.07, 6.45) is 8.78. The van der Waals surface area contributed by atoms with E-state index in [1.165, 1.54) is 38.5 Å². The molecule has 4 aliphatic carbocycles. The van der Waals surface area contributed by atoms with E-state index in [-0.39, 0.29) is 0 Å². The highest BCUT2D eigenvalue weighted by Gasteiger charge is 2.70. The number of hydrogen-bond acceptors (Lipinski definition) is 3. The summed E-state index contributed by atoms with van der Waals surface area (Å²) in [5.41, 5.74) is 5.69. The maximum atomic E-state index is 4.93.